The predicted molar refractivity (Wildman–Crippen MR) is 66.4 cm³/mol. The molecule has 0 amide bonds. The lowest BCUT2D eigenvalue weighted by Crippen LogP contribution is -2.05. The Morgan fingerprint density at radius 1 is 1.24 bits per heavy atom. The number of H-pyrrole nitrogens is 1. The fraction of sp³-hybridized carbons (Fsp3) is 0.0833. The summed E-state index contributed by atoms with van der Waals surface area (Å²) in [6.45, 7) is 0.177. The zero-order valence-corrected chi connectivity index (χ0v) is 10.3. The van der Waals surface area contributed by atoms with Crippen molar-refractivity contribution in [2.24, 2.45) is 0 Å². The van der Waals surface area contributed by atoms with E-state index in [1.54, 1.807) is 18.2 Å². The molecule has 0 unspecified atom stereocenters. The van der Waals surface area contributed by atoms with E-state index in [1.165, 1.54) is 12.3 Å². The van der Waals surface area contributed by atoms with Crippen LogP contribution in [-0.2, 0) is 11.3 Å². The lowest BCUT2D eigenvalue weighted by Gasteiger charge is -2.03. The van der Waals surface area contributed by atoms with Crippen molar-refractivity contribution in [2.45, 2.75) is 6.61 Å². The lowest BCUT2D eigenvalue weighted by molar-refractivity contribution is 0.0466. The first-order valence-electron chi connectivity index (χ1n) is 4.90. The molecule has 0 atom stereocenters. The van der Waals surface area contributed by atoms with Gasteiger partial charge < -0.3 is 9.72 Å². The highest BCUT2D eigenvalue weighted by molar-refractivity contribution is 6.31. The first kappa shape index (κ1) is 12.0. The Kier molecular flexibility index (Phi) is 3.71. The van der Waals surface area contributed by atoms with Gasteiger partial charge in [-0.1, -0.05) is 35.3 Å². The number of esters is 1. The van der Waals surface area contributed by atoms with Crippen molar-refractivity contribution in [3.63, 3.8) is 0 Å². The van der Waals surface area contributed by atoms with Gasteiger partial charge in [0.25, 0.3) is 0 Å². The second-order valence-corrected chi connectivity index (χ2v) is 4.31. The molecule has 88 valence electrons. The van der Waals surface area contributed by atoms with Crippen molar-refractivity contribution in [3.05, 3.63) is 57.8 Å². The van der Waals surface area contributed by atoms with Crippen molar-refractivity contribution in [1.29, 1.82) is 0 Å². The summed E-state index contributed by atoms with van der Waals surface area (Å²) in [5.74, 6) is -0.447. The molecular weight excluding hydrogens is 261 g/mol. The topological polar surface area (TPSA) is 42.1 Å². The predicted octanol–water partition coefficient (Wildman–Crippen LogP) is 3.68. The van der Waals surface area contributed by atoms with Crippen LogP contribution in [0.2, 0.25) is 10.0 Å². The molecule has 0 saturated heterocycles. The molecule has 1 N–H and O–H groups in total. The van der Waals surface area contributed by atoms with Gasteiger partial charge in [-0.2, -0.15) is 0 Å². The first-order chi connectivity index (χ1) is 8.15. The highest BCUT2D eigenvalue weighted by Crippen LogP contribution is 2.14. The van der Waals surface area contributed by atoms with Gasteiger partial charge in [0, 0.05) is 11.2 Å². The first-order valence-corrected chi connectivity index (χ1v) is 5.66. The zero-order chi connectivity index (χ0) is 12.3. The van der Waals surface area contributed by atoms with Crippen LogP contribution in [0, 0.1) is 0 Å². The average Bonchev–Trinajstić information content (AvgIpc) is 2.73. The quantitative estimate of drug-likeness (QED) is 0.864. The van der Waals surface area contributed by atoms with Crippen molar-refractivity contribution in [2.75, 3.05) is 0 Å². The van der Waals surface area contributed by atoms with E-state index in [9.17, 15) is 4.79 Å². The summed E-state index contributed by atoms with van der Waals surface area (Å²) >= 11 is 11.5. The van der Waals surface area contributed by atoms with Crippen molar-refractivity contribution in [1.82, 2.24) is 4.98 Å². The Morgan fingerprint density at radius 3 is 2.71 bits per heavy atom. The number of rotatable bonds is 3. The Hall–Kier alpha value is -1.45. The molecule has 1 heterocycles. The van der Waals surface area contributed by atoms with E-state index in [2.05, 4.69) is 4.98 Å². The Labute approximate surface area is 108 Å². The third kappa shape index (κ3) is 3.25. The number of hydrogen-bond acceptors (Lipinski definition) is 2. The number of carbonyl (C=O) groups is 1. The fourth-order valence-corrected chi connectivity index (χ4v) is 1.72. The lowest BCUT2D eigenvalue weighted by atomic mass is 10.2. The molecule has 0 spiro atoms. The minimum absolute atomic E-state index is 0.177. The minimum atomic E-state index is -0.447. The average molecular weight is 270 g/mol. The van der Waals surface area contributed by atoms with E-state index < -0.39 is 5.97 Å². The van der Waals surface area contributed by atoms with Gasteiger partial charge in [-0.15, -0.1) is 0 Å². The molecule has 0 bridgehead atoms. The normalized spacial score (nSPS) is 10.2. The summed E-state index contributed by atoms with van der Waals surface area (Å²) in [5.41, 5.74) is 1.17. The van der Waals surface area contributed by atoms with E-state index in [0.717, 1.165) is 5.56 Å². The van der Waals surface area contributed by atoms with Gasteiger partial charge in [0.05, 0.1) is 5.02 Å². The van der Waals surface area contributed by atoms with Gasteiger partial charge >= 0.3 is 5.97 Å². The second kappa shape index (κ2) is 5.25. The third-order valence-electron chi connectivity index (χ3n) is 2.13. The summed E-state index contributed by atoms with van der Waals surface area (Å²) in [4.78, 5) is 14.3. The molecular formula is C12H9Cl2NO2. The SMILES string of the molecule is O=C(OCc1cccc(Cl)c1)c1cc(Cl)c[nH]1. The molecule has 0 aliphatic carbocycles. The van der Waals surface area contributed by atoms with Crippen LogP contribution < -0.4 is 0 Å². The maximum absolute atomic E-state index is 11.6. The van der Waals surface area contributed by atoms with E-state index >= 15 is 0 Å². The molecule has 2 rings (SSSR count). The number of aromatic amines is 1. The molecule has 0 aliphatic heterocycles. The largest absolute Gasteiger partial charge is 0.456 e. The van der Waals surface area contributed by atoms with Gasteiger partial charge in [0.1, 0.15) is 12.3 Å². The van der Waals surface area contributed by atoms with Crippen LogP contribution in [-0.4, -0.2) is 11.0 Å². The minimum Gasteiger partial charge on any atom is -0.456 e. The number of halogens is 2. The van der Waals surface area contributed by atoms with Gasteiger partial charge in [-0.3, -0.25) is 0 Å². The maximum atomic E-state index is 11.6. The van der Waals surface area contributed by atoms with Crippen LogP contribution in [0.3, 0.4) is 0 Å². The Morgan fingerprint density at radius 2 is 2.06 bits per heavy atom. The van der Waals surface area contributed by atoms with Crippen LogP contribution in [0.4, 0.5) is 0 Å². The van der Waals surface area contributed by atoms with Crippen molar-refractivity contribution in [3.8, 4) is 0 Å². The molecule has 0 radical (unpaired) electrons. The maximum Gasteiger partial charge on any atom is 0.355 e. The number of benzene rings is 1. The van der Waals surface area contributed by atoms with Crippen molar-refractivity contribution >= 4 is 29.2 Å². The number of hydrogen-bond donors (Lipinski definition) is 1. The standard InChI is InChI=1S/C12H9Cl2NO2/c13-9-3-1-2-8(4-9)7-17-12(16)11-5-10(14)6-15-11/h1-6,15H,7H2. The van der Waals surface area contributed by atoms with Crippen LogP contribution in [0.1, 0.15) is 16.1 Å². The van der Waals surface area contributed by atoms with Gasteiger partial charge in [-0.25, -0.2) is 4.79 Å². The van der Waals surface area contributed by atoms with Gasteiger partial charge in [0.2, 0.25) is 0 Å². The van der Waals surface area contributed by atoms with Crippen molar-refractivity contribution < 1.29 is 9.53 Å². The molecule has 0 fully saturated rings. The number of ether oxygens (including phenoxy) is 1. The number of nitrogens with one attached hydrogen (secondary N) is 1. The Balaban J connectivity index is 1.97. The monoisotopic (exact) mass is 269 g/mol. The Bertz CT molecular complexity index is 537. The molecule has 1 aromatic carbocycles. The van der Waals surface area contributed by atoms with Gasteiger partial charge in [-0.05, 0) is 23.8 Å². The van der Waals surface area contributed by atoms with Crippen LogP contribution in [0.15, 0.2) is 36.5 Å². The molecule has 5 heteroatoms. The summed E-state index contributed by atoms with van der Waals surface area (Å²) in [6.07, 6.45) is 1.53. The van der Waals surface area contributed by atoms with E-state index in [4.69, 9.17) is 27.9 Å². The van der Waals surface area contributed by atoms with E-state index in [1.807, 2.05) is 6.07 Å². The highest BCUT2D eigenvalue weighted by atomic mass is 35.5. The molecule has 0 saturated carbocycles. The molecule has 1 aromatic heterocycles. The molecule has 3 nitrogen and oxygen atoms in total. The van der Waals surface area contributed by atoms with Crippen LogP contribution in [0.25, 0.3) is 0 Å². The van der Waals surface area contributed by atoms with Crippen LogP contribution in [0.5, 0.6) is 0 Å². The summed E-state index contributed by atoms with van der Waals surface area (Å²) in [7, 11) is 0. The number of carbonyl (C=O) groups excluding carboxylic acids is 1. The molecule has 17 heavy (non-hydrogen) atoms. The highest BCUT2D eigenvalue weighted by Gasteiger charge is 2.09. The summed E-state index contributed by atoms with van der Waals surface area (Å²) < 4.78 is 5.09. The zero-order valence-electron chi connectivity index (χ0n) is 8.74. The fourth-order valence-electron chi connectivity index (χ4n) is 1.34. The second-order valence-electron chi connectivity index (χ2n) is 3.44. The van der Waals surface area contributed by atoms with Gasteiger partial charge in [0.15, 0.2) is 0 Å². The number of aromatic nitrogens is 1. The molecule has 0 aliphatic rings. The molecule has 2 aromatic rings. The smallest absolute Gasteiger partial charge is 0.355 e. The van der Waals surface area contributed by atoms with E-state index in [0.29, 0.717) is 15.7 Å². The van der Waals surface area contributed by atoms with Crippen LogP contribution >= 0.6 is 23.2 Å². The van der Waals surface area contributed by atoms with E-state index in [-0.39, 0.29) is 6.61 Å². The summed E-state index contributed by atoms with van der Waals surface area (Å²) in [6, 6.07) is 8.66. The third-order valence-corrected chi connectivity index (χ3v) is 2.58. The summed E-state index contributed by atoms with van der Waals surface area (Å²) in [5, 5.41) is 1.08.